The molecule has 0 aromatic heterocycles. The van der Waals surface area contributed by atoms with Crippen LogP contribution in [0.4, 0.5) is 0 Å². The molecule has 0 aromatic carbocycles. The zero-order valence-corrected chi connectivity index (χ0v) is 14.5. The lowest BCUT2D eigenvalue weighted by atomic mass is 10.2. The second kappa shape index (κ2) is 6.83. The van der Waals surface area contributed by atoms with E-state index in [1.807, 2.05) is 7.05 Å². The minimum absolute atomic E-state index is 0.0557. The quantitative estimate of drug-likeness (QED) is 0.463. The van der Waals surface area contributed by atoms with Crippen molar-refractivity contribution in [2.24, 2.45) is 0 Å². The molecule has 0 saturated carbocycles. The van der Waals surface area contributed by atoms with Crippen molar-refractivity contribution < 1.29 is 18.4 Å². The first-order valence-electron chi connectivity index (χ1n) is 6.54. The van der Waals surface area contributed by atoms with E-state index in [9.17, 15) is 4.79 Å². The number of rotatable bonds is 6. The SMILES string of the molecule is CNCO[Si](OCOC(C)=O)(C(C)(C)C)C(C)(C)C. The van der Waals surface area contributed by atoms with Crippen LogP contribution < -0.4 is 5.32 Å². The molecule has 114 valence electrons. The van der Waals surface area contributed by atoms with Crippen LogP contribution in [0.3, 0.4) is 0 Å². The van der Waals surface area contributed by atoms with E-state index in [0.29, 0.717) is 6.73 Å². The van der Waals surface area contributed by atoms with Gasteiger partial charge < -0.3 is 13.6 Å². The molecular weight excluding hydrogens is 262 g/mol. The van der Waals surface area contributed by atoms with Gasteiger partial charge >= 0.3 is 14.5 Å². The molecule has 19 heavy (non-hydrogen) atoms. The van der Waals surface area contributed by atoms with Gasteiger partial charge in [0.05, 0.1) is 6.73 Å². The molecule has 0 unspecified atom stereocenters. The van der Waals surface area contributed by atoms with Gasteiger partial charge in [0.25, 0.3) is 0 Å². The Morgan fingerprint density at radius 3 is 1.84 bits per heavy atom. The summed E-state index contributed by atoms with van der Waals surface area (Å²) in [5.74, 6) is -0.348. The normalized spacial score (nSPS) is 13.5. The summed E-state index contributed by atoms with van der Waals surface area (Å²) in [5.41, 5.74) is 0. The first-order valence-corrected chi connectivity index (χ1v) is 8.35. The van der Waals surface area contributed by atoms with E-state index in [1.165, 1.54) is 6.92 Å². The molecule has 0 aliphatic rings. The molecular formula is C13H29NO4Si. The second-order valence-corrected chi connectivity index (χ2v) is 11.5. The van der Waals surface area contributed by atoms with Gasteiger partial charge in [-0.2, -0.15) is 0 Å². The first kappa shape index (κ1) is 18.6. The number of carbonyl (C=O) groups excluding carboxylic acids is 1. The van der Waals surface area contributed by atoms with Crippen molar-refractivity contribution in [1.29, 1.82) is 0 Å². The first-order chi connectivity index (χ1) is 8.48. The summed E-state index contributed by atoms with van der Waals surface area (Å²) in [4.78, 5) is 10.9. The number of esters is 1. The van der Waals surface area contributed by atoms with E-state index >= 15 is 0 Å². The molecule has 0 saturated heterocycles. The molecule has 0 bridgehead atoms. The Kier molecular flexibility index (Phi) is 6.68. The highest BCUT2D eigenvalue weighted by atomic mass is 28.4. The van der Waals surface area contributed by atoms with Crippen LogP contribution in [-0.4, -0.2) is 35.1 Å². The van der Waals surface area contributed by atoms with Gasteiger partial charge in [0.1, 0.15) is 0 Å². The standard InChI is InChI=1S/C13H29NO4Si/c1-11(15)16-10-18-19(12(2,3)4,13(5,6)7)17-9-14-8/h14H,9-10H2,1-8H3. The molecule has 0 aliphatic carbocycles. The molecule has 6 heteroatoms. The summed E-state index contributed by atoms with van der Waals surface area (Å²) < 4.78 is 17.0. The number of nitrogens with one attached hydrogen (secondary N) is 1. The fourth-order valence-corrected chi connectivity index (χ4v) is 7.04. The van der Waals surface area contributed by atoms with E-state index in [4.69, 9.17) is 13.6 Å². The van der Waals surface area contributed by atoms with Crippen molar-refractivity contribution in [1.82, 2.24) is 5.32 Å². The molecule has 0 heterocycles. The predicted molar refractivity (Wildman–Crippen MR) is 77.9 cm³/mol. The Bertz CT molecular complexity index is 280. The highest BCUT2D eigenvalue weighted by Crippen LogP contribution is 2.52. The van der Waals surface area contributed by atoms with Crippen molar-refractivity contribution in [3.8, 4) is 0 Å². The van der Waals surface area contributed by atoms with Crippen LogP contribution >= 0.6 is 0 Å². The molecule has 5 nitrogen and oxygen atoms in total. The molecule has 0 aliphatic heterocycles. The largest absolute Gasteiger partial charge is 0.440 e. The minimum atomic E-state index is -2.63. The van der Waals surface area contributed by atoms with Crippen LogP contribution in [0.25, 0.3) is 0 Å². The van der Waals surface area contributed by atoms with Crippen molar-refractivity contribution in [2.45, 2.75) is 58.5 Å². The Labute approximate surface area is 118 Å². The third kappa shape index (κ3) is 4.87. The lowest BCUT2D eigenvalue weighted by molar-refractivity contribution is -0.149. The maximum atomic E-state index is 10.9. The van der Waals surface area contributed by atoms with Gasteiger partial charge in [0.2, 0.25) is 0 Å². The van der Waals surface area contributed by atoms with Gasteiger partial charge in [-0.25, -0.2) is 0 Å². The fraction of sp³-hybridized carbons (Fsp3) is 0.923. The van der Waals surface area contributed by atoms with Crippen LogP contribution in [0.1, 0.15) is 48.5 Å². The van der Waals surface area contributed by atoms with Crippen molar-refractivity contribution in [3.05, 3.63) is 0 Å². The summed E-state index contributed by atoms with van der Waals surface area (Å²) in [7, 11) is -0.796. The lowest BCUT2D eigenvalue weighted by Gasteiger charge is -2.48. The second-order valence-electron chi connectivity index (χ2n) is 6.66. The van der Waals surface area contributed by atoms with Crippen molar-refractivity contribution in [2.75, 3.05) is 20.6 Å². The Morgan fingerprint density at radius 1 is 1.05 bits per heavy atom. The van der Waals surface area contributed by atoms with E-state index in [0.717, 1.165) is 0 Å². The van der Waals surface area contributed by atoms with Crippen LogP contribution in [0, 0.1) is 0 Å². The monoisotopic (exact) mass is 291 g/mol. The number of carbonyl (C=O) groups is 1. The summed E-state index contributed by atoms with van der Waals surface area (Å²) in [6.07, 6.45) is 0. The van der Waals surface area contributed by atoms with E-state index in [2.05, 4.69) is 46.9 Å². The third-order valence-electron chi connectivity index (χ3n) is 2.92. The molecule has 1 N–H and O–H groups in total. The smallest absolute Gasteiger partial charge is 0.352 e. The third-order valence-corrected chi connectivity index (χ3v) is 7.94. The average Bonchev–Trinajstić information content (AvgIpc) is 2.18. The molecule has 0 aromatic rings. The molecule has 0 rings (SSSR count). The topological polar surface area (TPSA) is 56.8 Å². The molecule has 0 radical (unpaired) electrons. The van der Waals surface area contributed by atoms with Crippen LogP contribution in [0.2, 0.25) is 10.1 Å². The van der Waals surface area contributed by atoms with Gasteiger partial charge in [0.15, 0.2) is 6.79 Å². The highest BCUT2D eigenvalue weighted by Gasteiger charge is 2.58. The predicted octanol–water partition coefficient (Wildman–Crippen LogP) is 2.76. The maximum absolute atomic E-state index is 10.9. The van der Waals surface area contributed by atoms with Gasteiger partial charge in [0, 0.05) is 17.0 Å². The number of hydrogen-bond donors (Lipinski definition) is 1. The van der Waals surface area contributed by atoms with Crippen molar-refractivity contribution in [3.63, 3.8) is 0 Å². The van der Waals surface area contributed by atoms with E-state index in [1.54, 1.807) is 0 Å². The van der Waals surface area contributed by atoms with Gasteiger partial charge in [-0.05, 0) is 7.05 Å². The maximum Gasteiger partial charge on any atom is 0.352 e. The van der Waals surface area contributed by atoms with Gasteiger partial charge in [-0.15, -0.1) is 0 Å². The van der Waals surface area contributed by atoms with Gasteiger partial charge in [-0.3, -0.25) is 10.1 Å². The van der Waals surface area contributed by atoms with Crippen LogP contribution in [-0.2, 0) is 18.4 Å². The Morgan fingerprint density at radius 2 is 1.53 bits per heavy atom. The van der Waals surface area contributed by atoms with E-state index in [-0.39, 0.29) is 22.8 Å². The summed E-state index contributed by atoms with van der Waals surface area (Å²) in [6, 6.07) is 0. The number of hydrogen-bond acceptors (Lipinski definition) is 5. The molecule has 0 atom stereocenters. The zero-order chi connectivity index (χ0) is 15.3. The van der Waals surface area contributed by atoms with Gasteiger partial charge in [-0.1, -0.05) is 41.5 Å². The number of ether oxygens (including phenoxy) is 1. The molecule has 0 spiro atoms. The Hall–Kier alpha value is -0.433. The molecule has 0 fully saturated rings. The average molecular weight is 291 g/mol. The lowest BCUT2D eigenvalue weighted by Crippen LogP contribution is -2.58. The minimum Gasteiger partial charge on any atom is -0.440 e. The highest BCUT2D eigenvalue weighted by molar-refractivity contribution is 6.73. The summed E-state index contributed by atoms with van der Waals surface area (Å²) in [5, 5.41) is 2.69. The Balaban J connectivity index is 5.20. The van der Waals surface area contributed by atoms with Crippen LogP contribution in [0.5, 0.6) is 0 Å². The summed E-state index contributed by atoms with van der Waals surface area (Å²) in [6.45, 7) is 14.4. The molecule has 0 amide bonds. The fourth-order valence-electron chi connectivity index (χ4n) is 2.40. The zero-order valence-electron chi connectivity index (χ0n) is 13.5. The van der Waals surface area contributed by atoms with Crippen LogP contribution in [0.15, 0.2) is 0 Å². The van der Waals surface area contributed by atoms with Crippen molar-refractivity contribution >= 4 is 14.5 Å². The van der Waals surface area contributed by atoms with E-state index < -0.39 is 8.56 Å². The summed E-state index contributed by atoms with van der Waals surface area (Å²) >= 11 is 0.